The second-order valence-corrected chi connectivity index (χ2v) is 7.65. The summed E-state index contributed by atoms with van der Waals surface area (Å²) in [7, 11) is 0. The lowest BCUT2D eigenvalue weighted by molar-refractivity contribution is -0.136. The molecule has 1 aliphatic heterocycles. The first-order valence-electron chi connectivity index (χ1n) is 9.89. The van der Waals surface area contributed by atoms with E-state index in [0.717, 1.165) is 51.1 Å². The highest BCUT2D eigenvalue weighted by Gasteiger charge is 2.27. The Morgan fingerprint density at radius 3 is 2.00 bits per heavy atom. The van der Waals surface area contributed by atoms with Crippen molar-refractivity contribution < 1.29 is 9.59 Å². The van der Waals surface area contributed by atoms with E-state index in [9.17, 15) is 9.59 Å². The molecule has 1 aliphatic carbocycles. The highest BCUT2D eigenvalue weighted by Crippen LogP contribution is 2.26. The molecule has 0 bridgehead atoms. The lowest BCUT2D eigenvalue weighted by atomic mass is 9.84. The minimum atomic E-state index is -0.0262. The fourth-order valence-corrected chi connectivity index (χ4v) is 3.86. The van der Waals surface area contributed by atoms with Crippen molar-refractivity contribution in [3.63, 3.8) is 0 Å². The topological polar surface area (TPSA) is 61.4 Å². The number of hydrogen-bond acceptors (Lipinski definition) is 2. The first-order chi connectivity index (χ1) is 11.5. The van der Waals surface area contributed by atoms with Crippen LogP contribution < -0.4 is 10.6 Å². The van der Waals surface area contributed by atoms with Crippen molar-refractivity contribution in [3.05, 3.63) is 0 Å². The molecule has 0 aromatic heterocycles. The summed E-state index contributed by atoms with van der Waals surface area (Å²) in [6.07, 6.45) is 8.54. The molecule has 2 N–H and O–H groups in total. The molecule has 2 aliphatic rings. The average molecular weight is 338 g/mol. The van der Waals surface area contributed by atoms with Gasteiger partial charge in [-0.05, 0) is 50.9 Å². The quantitative estimate of drug-likeness (QED) is 0.808. The Kier molecular flexibility index (Phi) is 7.38. The summed E-state index contributed by atoms with van der Waals surface area (Å²) in [5.41, 5.74) is 0. The SMILES string of the molecule is CCC1CCC(NC(=O)NC2CCN(C(=O)C(C)CC)CC2)CC1. The molecule has 0 spiro atoms. The van der Waals surface area contributed by atoms with E-state index >= 15 is 0 Å². The van der Waals surface area contributed by atoms with Crippen molar-refractivity contribution in [1.29, 1.82) is 0 Å². The molecule has 2 rings (SSSR count). The van der Waals surface area contributed by atoms with Gasteiger partial charge < -0.3 is 15.5 Å². The lowest BCUT2D eigenvalue weighted by Crippen LogP contribution is -2.51. The second kappa shape index (κ2) is 9.28. The summed E-state index contributed by atoms with van der Waals surface area (Å²) >= 11 is 0. The van der Waals surface area contributed by atoms with E-state index in [1.165, 1.54) is 19.3 Å². The van der Waals surface area contributed by atoms with Gasteiger partial charge in [0.2, 0.25) is 5.91 Å². The van der Waals surface area contributed by atoms with E-state index in [4.69, 9.17) is 0 Å². The number of likely N-dealkylation sites (tertiary alicyclic amines) is 1. The fraction of sp³-hybridized carbons (Fsp3) is 0.895. The van der Waals surface area contributed by atoms with Gasteiger partial charge in [-0.15, -0.1) is 0 Å². The van der Waals surface area contributed by atoms with Crippen LogP contribution in [0.5, 0.6) is 0 Å². The summed E-state index contributed by atoms with van der Waals surface area (Å²) in [6, 6.07) is 0.500. The highest BCUT2D eigenvalue weighted by molar-refractivity contribution is 5.78. The van der Waals surface area contributed by atoms with Crippen molar-refractivity contribution in [2.24, 2.45) is 11.8 Å². The van der Waals surface area contributed by atoms with Crippen LogP contribution >= 0.6 is 0 Å². The molecule has 0 aromatic carbocycles. The zero-order valence-electron chi connectivity index (χ0n) is 15.6. The van der Waals surface area contributed by atoms with Crippen LogP contribution in [0.25, 0.3) is 0 Å². The number of nitrogens with one attached hydrogen (secondary N) is 2. The van der Waals surface area contributed by atoms with Crippen LogP contribution in [0.3, 0.4) is 0 Å². The smallest absolute Gasteiger partial charge is 0.315 e. The minimum Gasteiger partial charge on any atom is -0.342 e. The van der Waals surface area contributed by atoms with Crippen LogP contribution in [0.4, 0.5) is 4.79 Å². The molecule has 1 unspecified atom stereocenters. The van der Waals surface area contributed by atoms with Gasteiger partial charge in [-0.2, -0.15) is 0 Å². The molecule has 0 radical (unpaired) electrons. The van der Waals surface area contributed by atoms with Gasteiger partial charge in [-0.3, -0.25) is 4.79 Å². The van der Waals surface area contributed by atoms with Gasteiger partial charge in [0.15, 0.2) is 0 Å². The fourth-order valence-electron chi connectivity index (χ4n) is 3.86. The third kappa shape index (κ3) is 5.38. The van der Waals surface area contributed by atoms with Gasteiger partial charge in [0.1, 0.15) is 0 Å². The Hall–Kier alpha value is -1.26. The molecule has 1 heterocycles. The van der Waals surface area contributed by atoms with Gasteiger partial charge in [0.25, 0.3) is 0 Å². The van der Waals surface area contributed by atoms with E-state index in [1.807, 2.05) is 11.8 Å². The summed E-state index contributed by atoms with van der Waals surface area (Å²) < 4.78 is 0. The summed E-state index contributed by atoms with van der Waals surface area (Å²) in [6.45, 7) is 7.82. The minimum absolute atomic E-state index is 0.0262. The summed E-state index contributed by atoms with van der Waals surface area (Å²) in [4.78, 5) is 26.4. The Balaban J connectivity index is 1.66. The van der Waals surface area contributed by atoms with Crippen molar-refractivity contribution >= 4 is 11.9 Å². The molecule has 138 valence electrons. The van der Waals surface area contributed by atoms with E-state index in [1.54, 1.807) is 0 Å². The van der Waals surface area contributed by atoms with Gasteiger partial charge in [0, 0.05) is 31.1 Å². The predicted octanol–water partition coefficient (Wildman–Crippen LogP) is 3.29. The number of piperidine rings is 1. The Labute approximate surface area is 146 Å². The van der Waals surface area contributed by atoms with Crippen LogP contribution in [0.1, 0.15) is 72.1 Å². The van der Waals surface area contributed by atoms with Crippen LogP contribution in [-0.2, 0) is 4.79 Å². The molecule has 3 amide bonds. The van der Waals surface area contributed by atoms with Gasteiger partial charge in [0.05, 0.1) is 0 Å². The first kappa shape index (κ1) is 19.1. The normalized spacial score (nSPS) is 26.7. The molecule has 2 fully saturated rings. The number of rotatable bonds is 5. The molecular weight excluding hydrogens is 302 g/mol. The lowest BCUT2D eigenvalue weighted by Gasteiger charge is -2.34. The van der Waals surface area contributed by atoms with Crippen molar-refractivity contribution in [1.82, 2.24) is 15.5 Å². The third-order valence-corrected chi connectivity index (χ3v) is 5.94. The highest BCUT2D eigenvalue weighted by atomic mass is 16.2. The molecule has 0 aromatic rings. The van der Waals surface area contributed by atoms with E-state index in [-0.39, 0.29) is 23.9 Å². The number of carbonyl (C=O) groups excluding carboxylic acids is 2. The van der Waals surface area contributed by atoms with Crippen molar-refractivity contribution in [2.75, 3.05) is 13.1 Å². The Bertz CT molecular complexity index is 411. The van der Waals surface area contributed by atoms with Crippen LogP contribution in [0.15, 0.2) is 0 Å². The average Bonchev–Trinajstić information content (AvgIpc) is 2.61. The summed E-state index contributed by atoms with van der Waals surface area (Å²) in [5, 5.41) is 6.25. The standard InChI is InChI=1S/C19H35N3O2/c1-4-14(3)18(23)22-12-10-17(11-13-22)21-19(24)20-16-8-6-15(5-2)7-9-16/h14-17H,4-13H2,1-3H3,(H2,20,21,24). The molecule has 1 saturated heterocycles. The monoisotopic (exact) mass is 337 g/mol. The zero-order valence-corrected chi connectivity index (χ0v) is 15.6. The molecule has 5 nitrogen and oxygen atoms in total. The second-order valence-electron chi connectivity index (χ2n) is 7.65. The molecule has 1 saturated carbocycles. The first-order valence-corrected chi connectivity index (χ1v) is 9.89. The van der Waals surface area contributed by atoms with Gasteiger partial charge >= 0.3 is 6.03 Å². The summed E-state index contributed by atoms with van der Waals surface area (Å²) in [5.74, 6) is 1.21. The van der Waals surface area contributed by atoms with Crippen LogP contribution in [0.2, 0.25) is 0 Å². The molecule has 5 heteroatoms. The number of nitrogens with zero attached hydrogens (tertiary/aromatic N) is 1. The third-order valence-electron chi connectivity index (χ3n) is 5.94. The maximum atomic E-state index is 12.2. The number of urea groups is 1. The van der Waals surface area contributed by atoms with E-state index in [2.05, 4.69) is 24.5 Å². The largest absolute Gasteiger partial charge is 0.342 e. The Morgan fingerprint density at radius 1 is 0.958 bits per heavy atom. The number of hydrogen-bond donors (Lipinski definition) is 2. The van der Waals surface area contributed by atoms with E-state index in [0.29, 0.717) is 6.04 Å². The molecule has 24 heavy (non-hydrogen) atoms. The van der Waals surface area contributed by atoms with Crippen molar-refractivity contribution in [2.45, 2.75) is 84.2 Å². The Morgan fingerprint density at radius 2 is 1.50 bits per heavy atom. The predicted molar refractivity (Wildman–Crippen MR) is 96.8 cm³/mol. The molecule has 1 atom stereocenters. The zero-order chi connectivity index (χ0) is 17.5. The van der Waals surface area contributed by atoms with Gasteiger partial charge in [-0.1, -0.05) is 27.2 Å². The van der Waals surface area contributed by atoms with Crippen LogP contribution in [-0.4, -0.2) is 42.0 Å². The maximum Gasteiger partial charge on any atom is 0.315 e. The van der Waals surface area contributed by atoms with E-state index < -0.39 is 0 Å². The van der Waals surface area contributed by atoms with Crippen LogP contribution in [0, 0.1) is 11.8 Å². The molecular formula is C19H35N3O2. The number of carbonyl (C=O) groups is 2. The van der Waals surface area contributed by atoms with Crippen molar-refractivity contribution in [3.8, 4) is 0 Å². The van der Waals surface area contributed by atoms with Gasteiger partial charge in [-0.25, -0.2) is 4.79 Å². The number of amides is 3. The maximum absolute atomic E-state index is 12.2.